The SMILES string of the molecule is CC(C)(S)C#N. The molecule has 0 heterocycles. The van der Waals surface area contributed by atoms with Gasteiger partial charge >= 0.3 is 0 Å². The lowest BCUT2D eigenvalue weighted by Gasteiger charge is -2.00. The van der Waals surface area contributed by atoms with Crippen molar-refractivity contribution in [3.63, 3.8) is 0 Å². The lowest BCUT2D eigenvalue weighted by Crippen LogP contribution is -2.03. The van der Waals surface area contributed by atoms with Crippen molar-refractivity contribution in [2.45, 2.75) is 18.6 Å². The highest BCUT2D eigenvalue weighted by Gasteiger charge is 2.05. The molecular weight excluding hydrogens is 94.1 g/mol. The predicted molar refractivity (Wildman–Crippen MR) is 28.7 cm³/mol. The minimum absolute atomic E-state index is 0.458. The fourth-order valence-electron chi connectivity index (χ4n) is 0. The number of hydrogen-bond acceptors (Lipinski definition) is 2. The van der Waals surface area contributed by atoms with Gasteiger partial charge in [0.15, 0.2) is 0 Å². The molecule has 0 radical (unpaired) electrons. The predicted octanol–water partition coefficient (Wildman–Crippen LogP) is 1.22. The van der Waals surface area contributed by atoms with E-state index in [0.717, 1.165) is 0 Å². The second kappa shape index (κ2) is 1.53. The Morgan fingerprint density at radius 3 is 1.83 bits per heavy atom. The van der Waals surface area contributed by atoms with E-state index in [2.05, 4.69) is 12.6 Å². The maximum absolute atomic E-state index is 8.08. The van der Waals surface area contributed by atoms with E-state index in [1.165, 1.54) is 0 Å². The number of rotatable bonds is 0. The zero-order valence-corrected chi connectivity index (χ0v) is 4.79. The molecule has 0 N–H and O–H groups in total. The number of thiol groups is 1. The van der Waals surface area contributed by atoms with Crippen molar-refractivity contribution in [2.24, 2.45) is 0 Å². The molecule has 0 rings (SSSR count). The van der Waals surface area contributed by atoms with E-state index in [-0.39, 0.29) is 0 Å². The smallest absolute Gasteiger partial charge is 0.0939 e. The van der Waals surface area contributed by atoms with Crippen LogP contribution >= 0.6 is 12.6 Å². The molecule has 0 amide bonds. The van der Waals surface area contributed by atoms with Crippen LogP contribution in [0, 0.1) is 11.3 Å². The van der Waals surface area contributed by atoms with Crippen LogP contribution in [0.5, 0.6) is 0 Å². The van der Waals surface area contributed by atoms with Gasteiger partial charge in [0.05, 0.1) is 10.8 Å². The summed E-state index contributed by atoms with van der Waals surface area (Å²) in [7, 11) is 0. The minimum Gasteiger partial charge on any atom is -0.197 e. The average Bonchev–Trinajstić information content (AvgIpc) is 1.35. The van der Waals surface area contributed by atoms with Gasteiger partial charge in [0.25, 0.3) is 0 Å². The molecule has 1 nitrogen and oxygen atoms in total. The Morgan fingerprint density at radius 2 is 1.83 bits per heavy atom. The van der Waals surface area contributed by atoms with Crippen molar-refractivity contribution in [3.05, 3.63) is 0 Å². The topological polar surface area (TPSA) is 23.8 Å². The highest BCUT2D eigenvalue weighted by Crippen LogP contribution is 2.07. The molecule has 0 unspecified atom stereocenters. The van der Waals surface area contributed by atoms with Crippen LogP contribution in [0.15, 0.2) is 0 Å². The molecule has 0 aromatic rings. The fourth-order valence-corrected chi connectivity index (χ4v) is 0. The molecule has 0 fully saturated rings. The van der Waals surface area contributed by atoms with Crippen LogP contribution in [0.3, 0.4) is 0 Å². The van der Waals surface area contributed by atoms with E-state index < -0.39 is 4.75 Å². The highest BCUT2D eigenvalue weighted by molar-refractivity contribution is 7.82. The summed E-state index contributed by atoms with van der Waals surface area (Å²) in [5.41, 5.74) is 0. The Kier molecular flexibility index (Phi) is 1.48. The zero-order valence-electron chi connectivity index (χ0n) is 3.89. The van der Waals surface area contributed by atoms with Crippen LogP contribution in [0.2, 0.25) is 0 Å². The van der Waals surface area contributed by atoms with Crippen LogP contribution in [0.4, 0.5) is 0 Å². The summed E-state index contributed by atoms with van der Waals surface area (Å²) >= 11 is 3.89. The number of hydrogen-bond donors (Lipinski definition) is 1. The molecule has 2 heteroatoms. The number of nitrogens with zero attached hydrogens (tertiary/aromatic N) is 1. The minimum atomic E-state index is -0.458. The Labute approximate surface area is 43.4 Å². The quantitative estimate of drug-likeness (QED) is 0.456. The van der Waals surface area contributed by atoms with Gasteiger partial charge in [-0.05, 0) is 13.8 Å². The van der Waals surface area contributed by atoms with Crippen molar-refractivity contribution in [1.29, 1.82) is 5.26 Å². The summed E-state index contributed by atoms with van der Waals surface area (Å²) < 4.78 is -0.458. The third-order valence-electron chi connectivity index (χ3n) is 0.274. The Balaban J connectivity index is 3.55. The molecule has 0 bridgehead atoms. The molecule has 0 saturated heterocycles. The third-order valence-corrected chi connectivity index (χ3v) is 0.374. The lowest BCUT2D eigenvalue weighted by molar-refractivity contribution is 0.924. The first-order valence-electron chi connectivity index (χ1n) is 1.70. The summed E-state index contributed by atoms with van der Waals surface area (Å²) in [5, 5.41) is 8.08. The van der Waals surface area contributed by atoms with Crippen LogP contribution < -0.4 is 0 Å². The summed E-state index contributed by atoms with van der Waals surface area (Å²) in [6.07, 6.45) is 0. The molecule has 34 valence electrons. The van der Waals surface area contributed by atoms with Crippen molar-refractivity contribution in [1.82, 2.24) is 0 Å². The van der Waals surface area contributed by atoms with Gasteiger partial charge in [0.1, 0.15) is 0 Å². The van der Waals surface area contributed by atoms with Crippen molar-refractivity contribution in [3.8, 4) is 6.07 Å². The molecular formula is C4H7NS. The Bertz CT molecular complexity index is 74.5. The molecule has 0 aromatic carbocycles. The molecule has 0 aliphatic rings. The van der Waals surface area contributed by atoms with Gasteiger partial charge in [-0.2, -0.15) is 17.9 Å². The van der Waals surface area contributed by atoms with E-state index in [9.17, 15) is 0 Å². The lowest BCUT2D eigenvalue weighted by atomic mass is 10.2. The zero-order chi connectivity index (χ0) is 5.21. The third kappa shape index (κ3) is 3.84. The van der Waals surface area contributed by atoms with E-state index in [1.807, 2.05) is 6.07 Å². The van der Waals surface area contributed by atoms with Crippen molar-refractivity contribution in [2.75, 3.05) is 0 Å². The van der Waals surface area contributed by atoms with Gasteiger partial charge in [-0.15, -0.1) is 0 Å². The van der Waals surface area contributed by atoms with Crippen LogP contribution in [-0.2, 0) is 0 Å². The Hall–Kier alpha value is -0.160. The van der Waals surface area contributed by atoms with Crippen LogP contribution in [0.25, 0.3) is 0 Å². The van der Waals surface area contributed by atoms with E-state index in [1.54, 1.807) is 13.8 Å². The van der Waals surface area contributed by atoms with E-state index >= 15 is 0 Å². The summed E-state index contributed by atoms with van der Waals surface area (Å²) in [5.74, 6) is 0. The van der Waals surface area contributed by atoms with Gasteiger partial charge < -0.3 is 0 Å². The molecule has 0 aliphatic heterocycles. The van der Waals surface area contributed by atoms with Gasteiger partial charge in [0.2, 0.25) is 0 Å². The van der Waals surface area contributed by atoms with E-state index in [4.69, 9.17) is 5.26 Å². The first kappa shape index (κ1) is 5.84. The molecule has 0 aromatic heterocycles. The normalized spacial score (nSPS) is 10.3. The van der Waals surface area contributed by atoms with Gasteiger partial charge in [0, 0.05) is 0 Å². The monoisotopic (exact) mass is 101 g/mol. The fraction of sp³-hybridized carbons (Fsp3) is 0.750. The standard InChI is InChI=1S/C4H7NS/c1-4(2,6)3-5/h6H,1-2H3. The first-order valence-corrected chi connectivity index (χ1v) is 2.14. The molecule has 0 atom stereocenters. The van der Waals surface area contributed by atoms with Gasteiger partial charge in [-0.1, -0.05) is 0 Å². The van der Waals surface area contributed by atoms with Crippen LogP contribution in [0.1, 0.15) is 13.8 Å². The molecule has 0 saturated carbocycles. The highest BCUT2D eigenvalue weighted by atomic mass is 32.1. The average molecular weight is 101 g/mol. The van der Waals surface area contributed by atoms with E-state index in [0.29, 0.717) is 0 Å². The Morgan fingerprint density at radius 1 is 1.67 bits per heavy atom. The second-order valence-electron chi connectivity index (χ2n) is 1.67. The largest absolute Gasteiger partial charge is 0.197 e. The second-order valence-corrected chi connectivity index (χ2v) is 2.79. The van der Waals surface area contributed by atoms with Crippen molar-refractivity contribution < 1.29 is 0 Å². The first-order chi connectivity index (χ1) is 2.56. The number of nitriles is 1. The summed E-state index contributed by atoms with van der Waals surface area (Å²) in [6.45, 7) is 3.49. The van der Waals surface area contributed by atoms with Crippen LogP contribution in [-0.4, -0.2) is 4.75 Å². The molecule has 0 aliphatic carbocycles. The summed E-state index contributed by atoms with van der Waals surface area (Å²) in [6, 6.07) is 1.97. The van der Waals surface area contributed by atoms with Gasteiger partial charge in [-0.3, -0.25) is 0 Å². The molecule has 0 spiro atoms. The maximum Gasteiger partial charge on any atom is 0.0939 e. The van der Waals surface area contributed by atoms with Crippen molar-refractivity contribution >= 4 is 12.6 Å². The maximum atomic E-state index is 8.08. The van der Waals surface area contributed by atoms with Gasteiger partial charge in [-0.25, -0.2) is 0 Å². The summed E-state index contributed by atoms with van der Waals surface area (Å²) in [4.78, 5) is 0. The molecule has 6 heavy (non-hydrogen) atoms.